The molecule has 2 aliphatic heterocycles. The van der Waals surface area contributed by atoms with Crippen LogP contribution >= 0.6 is 35.0 Å². The lowest BCUT2D eigenvalue weighted by molar-refractivity contribution is -0.138. The maximum absolute atomic E-state index is 13.5. The van der Waals surface area contributed by atoms with E-state index in [1.807, 2.05) is 4.90 Å². The van der Waals surface area contributed by atoms with Gasteiger partial charge in [0.1, 0.15) is 0 Å². The van der Waals surface area contributed by atoms with Crippen LogP contribution < -0.4 is 0 Å². The lowest BCUT2D eigenvalue weighted by atomic mass is 10.1. The minimum absolute atomic E-state index is 0.00772. The van der Waals surface area contributed by atoms with Crippen molar-refractivity contribution in [3.05, 3.63) is 68.2 Å². The summed E-state index contributed by atoms with van der Waals surface area (Å²) in [7, 11) is 0. The van der Waals surface area contributed by atoms with Gasteiger partial charge in [-0.2, -0.15) is 23.3 Å². The van der Waals surface area contributed by atoms with Crippen molar-refractivity contribution < 1.29 is 27.8 Å². The van der Waals surface area contributed by atoms with Gasteiger partial charge in [-0.1, -0.05) is 35.3 Å². The van der Waals surface area contributed by atoms with Crippen LogP contribution in [-0.4, -0.2) is 63.3 Å². The lowest BCUT2D eigenvalue weighted by Crippen LogP contribution is -2.45. The number of thioether (sulfide) groups is 1. The molecule has 1 unspecified atom stereocenters. The Labute approximate surface area is 223 Å². The Morgan fingerprint density at radius 3 is 2.78 bits per heavy atom. The summed E-state index contributed by atoms with van der Waals surface area (Å²) >= 11 is 13.4. The van der Waals surface area contributed by atoms with Gasteiger partial charge in [-0.15, -0.1) is 0 Å². The van der Waals surface area contributed by atoms with E-state index < -0.39 is 11.7 Å². The second-order valence-corrected chi connectivity index (χ2v) is 10.3. The molecule has 0 bridgehead atoms. The monoisotopic (exact) mass is 570 g/mol. The number of carbonyl (C=O) groups excluding carboxylic acids is 1. The van der Waals surface area contributed by atoms with E-state index in [1.54, 1.807) is 24.3 Å². The second kappa shape index (κ2) is 10.3. The summed E-state index contributed by atoms with van der Waals surface area (Å²) in [5.41, 5.74) is 0.382. The number of amidine groups is 1. The molecule has 2 aliphatic rings. The first kappa shape index (κ1) is 26.1. The SMILES string of the molecule is O=C1N=C(N2CCOC(CO)C2)SC1=Cc1ccc2c(c1)c(Cl)nn2Cc1ccc(Cl)cc1C(F)(F)F. The molecule has 1 saturated heterocycles. The summed E-state index contributed by atoms with van der Waals surface area (Å²) in [5.74, 6) is -0.378. The molecule has 7 nitrogen and oxygen atoms in total. The third-order valence-electron chi connectivity index (χ3n) is 5.95. The average Bonchev–Trinajstić information content (AvgIpc) is 3.38. The number of aliphatic hydroxyl groups excluding tert-OH is 1. The van der Waals surface area contributed by atoms with Gasteiger partial charge in [0.05, 0.1) is 41.8 Å². The van der Waals surface area contributed by atoms with Crippen molar-refractivity contribution in [2.45, 2.75) is 18.8 Å². The first-order valence-corrected chi connectivity index (χ1v) is 12.7. The highest BCUT2D eigenvalue weighted by Crippen LogP contribution is 2.36. The maximum atomic E-state index is 13.5. The predicted molar refractivity (Wildman–Crippen MR) is 137 cm³/mol. The van der Waals surface area contributed by atoms with Crippen LogP contribution in [0.15, 0.2) is 46.3 Å². The summed E-state index contributed by atoms with van der Waals surface area (Å²) in [6.45, 7) is 1.16. The highest BCUT2D eigenvalue weighted by atomic mass is 35.5. The molecule has 2 aromatic carbocycles. The van der Waals surface area contributed by atoms with Crippen molar-refractivity contribution in [1.82, 2.24) is 14.7 Å². The second-order valence-electron chi connectivity index (χ2n) is 8.46. The number of amides is 1. The summed E-state index contributed by atoms with van der Waals surface area (Å²) in [4.78, 5) is 19.0. The number of nitrogens with zero attached hydrogens (tertiary/aromatic N) is 4. The van der Waals surface area contributed by atoms with Crippen LogP contribution in [0.4, 0.5) is 13.2 Å². The number of halogens is 5. The number of hydrogen-bond acceptors (Lipinski definition) is 6. The summed E-state index contributed by atoms with van der Waals surface area (Å²) in [6, 6.07) is 8.77. The fourth-order valence-corrected chi connectivity index (χ4v) is 5.53. The Morgan fingerprint density at radius 1 is 1.22 bits per heavy atom. The van der Waals surface area contributed by atoms with Crippen molar-refractivity contribution in [3.8, 4) is 0 Å². The van der Waals surface area contributed by atoms with Crippen LogP contribution in [-0.2, 0) is 22.3 Å². The number of aliphatic imine (C=N–C) groups is 1. The van der Waals surface area contributed by atoms with E-state index in [0.717, 1.165) is 6.07 Å². The molecule has 0 saturated carbocycles. The zero-order valence-electron chi connectivity index (χ0n) is 19.0. The minimum Gasteiger partial charge on any atom is -0.394 e. The first-order valence-electron chi connectivity index (χ1n) is 11.1. The van der Waals surface area contributed by atoms with Gasteiger partial charge in [0.25, 0.3) is 5.91 Å². The van der Waals surface area contributed by atoms with Gasteiger partial charge in [-0.3, -0.25) is 9.48 Å². The van der Waals surface area contributed by atoms with E-state index in [2.05, 4.69) is 10.1 Å². The first-order chi connectivity index (χ1) is 17.6. The highest BCUT2D eigenvalue weighted by molar-refractivity contribution is 8.18. The standard InChI is InChI=1S/C24H19Cl2F3N4O3S/c25-15-3-2-14(18(9-15)24(27,28)29)10-33-19-4-1-13(7-17(19)21(26)31-33)8-20-22(35)30-23(37-20)32-5-6-36-16(11-32)12-34/h1-4,7-9,16,34H,5-6,10-12H2. The van der Waals surface area contributed by atoms with E-state index in [1.165, 1.54) is 28.6 Å². The number of alkyl halides is 3. The zero-order chi connectivity index (χ0) is 26.3. The number of morpholine rings is 1. The Morgan fingerprint density at radius 2 is 2.03 bits per heavy atom. The molecule has 1 aromatic heterocycles. The van der Waals surface area contributed by atoms with Crippen molar-refractivity contribution in [1.29, 1.82) is 0 Å². The fraction of sp³-hybridized carbons (Fsp3) is 0.292. The van der Waals surface area contributed by atoms with E-state index >= 15 is 0 Å². The Bertz CT molecular complexity index is 1440. The van der Waals surface area contributed by atoms with Crippen molar-refractivity contribution in [3.63, 3.8) is 0 Å². The van der Waals surface area contributed by atoms with Crippen LogP contribution in [0, 0.1) is 0 Å². The summed E-state index contributed by atoms with van der Waals surface area (Å²) < 4.78 is 47.4. The van der Waals surface area contributed by atoms with Gasteiger partial charge in [-0.25, -0.2) is 0 Å². The fourth-order valence-electron chi connectivity index (χ4n) is 4.17. The topological polar surface area (TPSA) is 80.0 Å². The van der Waals surface area contributed by atoms with Crippen LogP contribution in [0.5, 0.6) is 0 Å². The number of benzene rings is 2. The Hall–Kier alpha value is -2.57. The molecule has 3 aromatic rings. The van der Waals surface area contributed by atoms with E-state index in [-0.39, 0.29) is 40.9 Å². The van der Waals surface area contributed by atoms with E-state index in [0.29, 0.717) is 46.2 Å². The number of aromatic nitrogens is 2. The molecule has 1 amide bonds. The van der Waals surface area contributed by atoms with Crippen molar-refractivity contribution in [2.75, 3.05) is 26.3 Å². The quantitative estimate of drug-likeness (QED) is 0.441. The molecule has 0 spiro atoms. The summed E-state index contributed by atoms with van der Waals surface area (Å²) in [6.07, 6.45) is -3.22. The highest BCUT2D eigenvalue weighted by Gasteiger charge is 2.34. The molecule has 3 heterocycles. The zero-order valence-corrected chi connectivity index (χ0v) is 21.3. The minimum atomic E-state index is -4.57. The van der Waals surface area contributed by atoms with Crippen LogP contribution in [0.25, 0.3) is 17.0 Å². The number of aliphatic hydroxyl groups is 1. The van der Waals surface area contributed by atoms with Crippen LogP contribution in [0.2, 0.25) is 10.2 Å². The van der Waals surface area contributed by atoms with Gasteiger partial charge in [-0.05, 0) is 53.2 Å². The number of rotatable bonds is 4. The van der Waals surface area contributed by atoms with Crippen molar-refractivity contribution >= 4 is 63.0 Å². The molecule has 0 radical (unpaired) electrons. The normalized spacial score (nSPS) is 19.8. The van der Waals surface area contributed by atoms with Crippen LogP contribution in [0.3, 0.4) is 0 Å². The Balaban J connectivity index is 1.39. The smallest absolute Gasteiger partial charge is 0.394 e. The van der Waals surface area contributed by atoms with Gasteiger partial charge in [0.15, 0.2) is 10.3 Å². The van der Waals surface area contributed by atoms with Gasteiger partial charge >= 0.3 is 6.18 Å². The lowest BCUT2D eigenvalue weighted by Gasteiger charge is -2.32. The molecular weight excluding hydrogens is 552 g/mol. The van der Waals surface area contributed by atoms with E-state index in [4.69, 9.17) is 27.9 Å². The molecular formula is C24H19Cl2F3N4O3S. The number of hydrogen-bond donors (Lipinski definition) is 1. The maximum Gasteiger partial charge on any atom is 0.416 e. The third-order valence-corrected chi connectivity index (χ3v) is 7.51. The molecule has 13 heteroatoms. The predicted octanol–water partition coefficient (Wildman–Crippen LogP) is 5.07. The molecule has 37 heavy (non-hydrogen) atoms. The summed E-state index contributed by atoms with van der Waals surface area (Å²) in [5, 5.41) is 14.8. The van der Waals surface area contributed by atoms with Gasteiger partial charge in [0, 0.05) is 23.5 Å². The third kappa shape index (κ3) is 5.51. The number of ether oxygens (including phenoxy) is 1. The molecule has 1 atom stereocenters. The average molecular weight is 571 g/mol. The molecule has 1 fully saturated rings. The molecule has 1 N–H and O–H groups in total. The Kier molecular flexibility index (Phi) is 7.25. The number of fused-ring (bicyclic) bond motifs is 1. The van der Waals surface area contributed by atoms with Gasteiger partial charge in [0.2, 0.25) is 0 Å². The van der Waals surface area contributed by atoms with Crippen molar-refractivity contribution in [2.24, 2.45) is 4.99 Å². The van der Waals surface area contributed by atoms with E-state index in [9.17, 15) is 23.1 Å². The largest absolute Gasteiger partial charge is 0.416 e. The van der Waals surface area contributed by atoms with Gasteiger partial charge < -0.3 is 14.7 Å². The molecule has 194 valence electrons. The molecule has 5 rings (SSSR count). The number of carbonyl (C=O) groups is 1. The van der Waals surface area contributed by atoms with Crippen LogP contribution in [0.1, 0.15) is 16.7 Å². The molecule has 0 aliphatic carbocycles.